The first-order valence-corrected chi connectivity index (χ1v) is 12.6. The fourth-order valence-electron chi connectivity index (χ4n) is 4.95. The first-order chi connectivity index (χ1) is 15.2. The second kappa shape index (κ2) is 10.4. The van der Waals surface area contributed by atoms with Crippen molar-refractivity contribution in [3.63, 3.8) is 0 Å². The predicted molar refractivity (Wildman–Crippen MR) is 119 cm³/mol. The van der Waals surface area contributed by atoms with E-state index in [-0.39, 0.29) is 11.6 Å². The Labute approximate surface area is 192 Å². The van der Waals surface area contributed by atoms with Gasteiger partial charge in [-0.05, 0) is 49.7 Å². The predicted octanol–water partition coefficient (Wildman–Crippen LogP) is 4.02. The molecule has 3 aliphatic rings. The molecule has 1 spiro atoms. The van der Waals surface area contributed by atoms with Gasteiger partial charge in [0.2, 0.25) is 6.10 Å². The van der Waals surface area contributed by atoms with Crippen LogP contribution in [0.3, 0.4) is 0 Å². The average Bonchev–Trinajstić information content (AvgIpc) is 3.19. The molecule has 1 saturated carbocycles. The van der Waals surface area contributed by atoms with Crippen molar-refractivity contribution in [2.45, 2.75) is 83.2 Å². The van der Waals surface area contributed by atoms with Crippen LogP contribution in [0, 0.1) is 5.92 Å². The summed E-state index contributed by atoms with van der Waals surface area (Å²) in [7, 11) is 0. The van der Waals surface area contributed by atoms with Crippen molar-refractivity contribution in [2.24, 2.45) is 5.92 Å². The number of fused-ring (bicyclic) bond motifs is 2. The van der Waals surface area contributed by atoms with Gasteiger partial charge in [0, 0.05) is 41.9 Å². The van der Waals surface area contributed by atoms with Crippen LogP contribution in [0.15, 0.2) is 6.07 Å². The number of piperidine rings is 1. The number of aliphatic hydroxyl groups excluding tert-OH is 1. The molecule has 1 unspecified atom stereocenters. The van der Waals surface area contributed by atoms with Gasteiger partial charge >= 0.3 is 6.18 Å². The number of nitrogens with one attached hydrogen (secondary N) is 1. The lowest BCUT2D eigenvalue weighted by molar-refractivity contribution is -0.205. The number of carbonyl (C=O) groups excluding carboxylic acids is 1. The van der Waals surface area contributed by atoms with Gasteiger partial charge in [-0.3, -0.25) is 4.79 Å². The van der Waals surface area contributed by atoms with Gasteiger partial charge in [0.25, 0.3) is 5.91 Å². The van der Waals surface area contributed by atoms with Crippen LogP contribution in [0.1, 0.15) is 61.8 Å². The topological polar surface area (TPSA) is 61.8 Å². The van der Waals surface area contributed by atoms with E-state index in [4.69, 9.17) is 9.84 Å². The van der Waals surface area contributed by atoms with Crippen LogP contribution in [0.4, 0.5) is 13.2 Å². The Hall–Kier alpha value is -1.16. The minimum Gasteiger partial charge on any atom is -0.376 e. The minimum atomic E-state index is -4.92. The van der Waals surface area contributed by atoms with Crippen molar-refractivity contribution >= 4 is 17.2 Å². The number of aliphatic hydroxyl groups is 1. The van der Waals surface area contributed by atoms with E-state index in [0.29, 0.717) is 18.8 Å². The van der Waals surface area contributed by atoms with Crippen molar-refractivity contribution < 1.29 is 27.8 Å². The van der Waals surface area contributed by atoms with Crippen LogP contribution in [0.5, 0.6) is 0 Å². The van der Waals surface area contributed by atoms with E-state index in [1.165, 1.54) is 15.3 Å². The third-order valence-electron chi connectivity index (χ3n) is 6.73. The number of carbonyl (C=O) groups is 1. The molecule has 1 atom stereocenters. The summed E-state index contributed by atoms with van der Waals surface area (Å²) >= 11 is 1.92. The van der Waals surface area contributed by atoms with E-state index in [1.807, 2.05) is 25.2 Å². The van der Waals surface area contributed by atoms with Crippen molar-refractivity contribution in [3.8, 4) is 0 Å². The van der Waals surface area contributed by atoms with Crippen LogP contribution < -0.4 is 5.32 Å². The summed E-state index contributed by atoms with van der Waals surface area (Å²) in [4.78, 5) is 16.8. The van der Waals surface area contributed by atoms with Crippen LogP contribution in [0.2, 0.25) is 0 Å². The van der Waals surface area contributed by atoms with Gasteiger partial charge in [-0.2, -0.15) is 13.2 Å². The van der Waals surface area contributed by atoms with Crippen LogP contribution in [-0.2, 0) is 28.0 Å². The van der Waals surface area contributed by atoms with Gasteiger partial charge in [0.1, 0.15) is 0 Å². The van der Waals surface area contributed by atoms with Crippen LogP contribution in [0.25, 0.3) is 0 Å². The summed E-state index contributed by atoms with van der Waals surface area (Å²) in [5.41, 5.74) is 1.24. The number of nitrogens with zero attached hydrogens (tertiary/aromatic N) is 1. The van der Waals surface area contributed by atoms with Gasteiger partial charge in [-0.25, -0.2) is 0 Å². The van der Waals surface area contributed by atoms with E-state index < -0.39 is 18.2 Å². The molecule has 0 radical (unpaired) electrons. The smallest absolute Gasteiger partial charge is 0.376 e. The van der Waals surface area contributed by atoms with E-state index in [9.17, 15) is 18.0 Å². The highest BCUT2D eigenvalue weighted by atomic mass is 32.1. The Morgan fingerprint density at radius 2 is 2.00 bits per heavy atom. The largest absolute Gasteiger partial charge is 0.423 e. The zero-order chi connectivity index (χ0) is 23.5. The molecule has 1 saturated heterocycles. The Morgan fingerprint density at radius 3 is 2.59 bits per heavy atom. The number of alkyl halides is 3. The maximum absolute atomic E-state index is 12.4. The van der Waals surface area contributed by atoms with E-state index in [0.717, 1.165) is 51.9 Å². The summed E-state index contributed by atoms with van der Waals surface area (Å²) in [5.74, 6) is -0.985. The molecule has 3 heterocycles. The van der Waals surface area contributed by atoms with Gasteiger partial charge in [-0.1, -0.05) is 20.8 Å². The Balaban J connectivity index is 0.00000141. The third kappa shape index (κ3) is 5.48. The van der Waals surface area contributed by atoms with Gasteiger partial charge in [-0.15, -0.1) is 11.3 Å². The monoisotopic (exact) mass is 476 g/mol. The summed E-state index contributed by atoms with van der Waals surface area (Å²) in [6.45, 7) is 9.74. The van der Waals surface area contributed by atoms with Crippen molar-refractivity contribution in [1.29, 1.82) is 0 Å². The number of aryl methyl sites for hydroxylation is 1. The third-order valence-corrected chi connectivity index (χ3v) is 8.07. The number of likely N-dealkylation sites (tertiary alicyclic amines) is 1. The fraction of sp³-hybridized carbons (Fsp3) is 0.783. The summed E-state index contributed by atoms with van der Waals surface area (Å²) in [6.07, 6.45) is -2.57. The first-order valence-electron chi connectivity index (χ1n) is 11.7. The van der Waals surface area contributed by atoms with E-state index in [2.05, 4.69) is 23.2 Å². The van der Waals surface area contributed by atoms with Crippen LogP contribution in [-0.4, -0.2) is 60.5 Å². The summed E-state index contributed by atoms with van der Waals surface area (Å²) in [5, 5.41) is 11.3. The molecule has 32 heavy (non-hydrogen) atoms. The molecular formula is C23H35F3N2O3S. The number of halogens is 3. The summed E-state index contributed by atoms with van der Waals surface area (Å²) in [6, 6.07) is 2.06. The fourth-order valence-corrected chi connectivity index (χ4v) is 6.13. The molecule has 2 aliphatic heterocycles. The Bertz CT molecular complexity index is 769. The van der Waals surface area contributed by atoms with Gasteiger partial charge < -0.3 is 20.1 Å². The number of hydrogen-bond acceptors (Lipinski definition) is 5. The maximum atomic E-state index is 12.4. The molecule has 0 aromatic carbocycles. The van der Waals surface area contributed by atoms with Gasteiger partial charge in [0.05, 0.1) is 12.2 Å². The molecule has 1 aromatic heterocycles. The molecule has 1 aromatic rings. The van der Waals surface area contributed by atoms with E-state index in [1.54, 1.807) is 0 Å². The molecule has 4 rings (SSSR count). The van der Waals surface area contributed by atoms with Crippen LogP contribution >= 0.6 is 11.3 Å². The zero-order valence-electron chi connectivity index (χ0n) is 19.1. The van der Waals surface area contributed by atoms with Gasteiger partial charge in [0.15, 0.2) is 0 Å². The van der Waals surface area contributed by atoms with E-state index >= 15 is 0 Å². The van der Waals surface area contributed by atoms with Crippen molar-refractivity contribution in [3.05, 3.63) is 21.4 Å². The molecule has 1 aliphatic carbocycles. The molecule has 2 N–H and O–H groups in total. The second-order valence-electron chi connectivity index (χ2n) is 8.78. The van der Waals surface area contributed by atoms with Crippen molar-refractivity contribution in [1.82, 2.24) is 10.2 Å². The quantitative estimate of drug-likeness (QED) is 0.674. The average molecular weight is 477 g/mol. The molecule has 9 heteroatoms. The first kappa shape index (κ1) is 25.5. The second-order valence-corrected chi connectivity index (χ2v) is 10.0. The zero-order valence-corrected chi connectivity index (χ0v) is 20.0. The highest BCUT2D eigenvalue weighted by Gasteiger charge is 2.46. The molecule has 2 fully saturated rings. The number of thiophene rings is 1. The lowest BCUT2D eigenvalue weighted by atomic mass is 9.78. The SMILES string of the molecule is CC.CCc1cc2c(s1)CCOC21CCN(CC2CC(NC(=O)C(O)C(F)(F)F)C2)CC1. The molecular weight excluding hydrogens is 441 g/mol. The standard InChI is InChI=1S/C21H29F3N2O3S.C2H6/c1-2-15-11-16-17(30-15)3-8-29-20(16)4-6-26(7-5-20)12-13-9-14(10-13)25-19(28)18(27)21(22,23)24;1-2/h11,13-14,18,27H,2-10,12H2,1H3,(H,25,28);1-2H3. The molecule has 182 valence electrons. The number of rotatable bonds is 5. The number of hydrogen-bond donors (Lipinski definition) is 2. The summed E-state index contributed by atoms with van der Waals surface area (Å²) < 4.78 is 43.5. The Morgan fingerprint density at radius 1 is 1.34 bits per heavy atom. The molecule has 0 bridgehead atoms. The minimum absolute atomic E-state index is 0.155. The maximum Gasteiger partial charge on any atom is 0.423 e. The highest BCUT2D eigenvalue weighted by Crippen LogP contribution is 2.45. The number of amides is 1. The lowest BCUT2D eigenvalue weighted by Crippen LogP contribution is -2.54. The molecule has 1 amide bonds. The Kier molecular flexibility index (Phi) is 8.28. The molecule has 5 nitrogen and oxygen atoms in total. The number of ether oxygens (including phenoxy) is 1. The van der Waals surface area contributed by atoms with Crippen molar-refractivity contribution in [2.75, 3.05) is 26.2 Å². The normalized spacial score (nSPS) is 25.8. The highest BCUT2D eigenvalue weighted by molar-refractivity contribution is 7.12. The lowest BCUT2D eigenvalue weighted by Gasteiger charge is -2.46.